The molecule has 11 heteroatoms. The smallest absolute Gasteiger partial charge is 0.244 e. The Morgan fingerprint density at radius 2 is 1.71 bits per heavy atom. The average molecular weight is 546 g/mol. The van der Waals surface area contributed by atoms with Gasteiger partial charge >= 0.3 is 0 Å². The fraction of sp³-hybridized carbons (Fsp3) is 0.417. The van der Waals surface area contributed by atoms with Crippen molar-refractivity contribution in [1.82, 2.24) is 10.2 Å². The summed E-state index contributed by atoms with van der Waals surface area (Å²) in [6.07, 6.45) is 1.24. The highest BCUT2D eigenvalue weighted by Crippen LogP contribution is 2.31. The van der Waals surface area contributed by atoms with E-state index in [1.807, 2.05) is 13.8 Å². The van der Waals surface area contributed by atoms with Crippen molar-refractivity contribution >= 4 is 50.7 Å². The SMILES string of the molecule is CC[C@@H](C(=O)NCC(C)C)N(Cc1ccc(F)cc1)C(=O)CN(c1cc(Cl)ccc1Cl)S(C)(=O)=O. The van der Waals surface area contributed by atoms with Gasteiger partial charge in [-0.3, -0.25) is 13.9 Å². The van der Waals surface area contributed by atoms with E-state index in [-0.39, 0.29) is 40.5 Å². The summed E-state index contributed by atoms with van der Waals surface area (Å²) < 4.78 is 39.6. The van der Waals surface area contributed by atoms with Crippen LogP contribution in [0.5, 0.6) is 0 Å². The van der Waals surface area contributed by atoms with E-state index < -0.39 is 34.3 Å². The zero-order valence-corrected chi connectivity index (χ0v) is 22.4. The molecule has 192 valence electrons. The van der Waals surface area contributed by atoms with Gasteiger partial charge in [0.25, 0.3) is 0 Å². The lowest BCUT2D eigenvalue weighted by atomic mass is 10.1. The van der Waals surface area contributed by atoms with Crippen LogP contribution in [0.1, 0.15) is 32.8 Å². The van der Waals surface area contributed by atoms with Gasteiger partial charge in [-0.05, 0) is 48.2 Å². The fourth-order valence-corrected chi connectivity index (χ4v) is 4.69. The van der Waals surface area contributed by atoms with Crippen molar-refractivity contribution in [2.45, 2.75) is 39.8 Å². The minimum atomic E-state index is -3.95. The molecular weight excluding hydrogens is 516 g/mol. The summed E-state index contributed by atoms with van der Waals surface area (Å²) in [5.41, 5.74) is 0.635. The normalized spacial score (nSPS) is 12.3. The first-order valence-electron chi connectivity index (χ1n) is 11.1. The maximum absolute atomic E-state index is 13.6. The monoisotopic (exact) mass is 545 g/mol. The Hall–Kier alpha value is -2.36. The molecular formula is C24H30Cl2FN3O4S. The molecule has 0 unspecified atom stereocenters. The van der Waals surface area contributed by atoms with Crippen LogP contribution in [-0.4, -0.2) is 50.5 Å². The van der Waals surface area contributed by atoms with Crippen LogP contribution in [-0.2, 0) is 26.2 Å². The number of halogens is 3. The molecule has 0 bridgehead atoms. The molecule has 1 atom stereocenters. The maximum Gasteiger partial charge on any atom is 0.244 e. The zero-order valence-electron chi connectivity index (χ0n) is 20.1. The number of hydrogen-bond acceptors (Lipinski definition) is 4. The molecule has 0 heterocycles. The van der Waals surface area contributed by atoms with Crippen LogP contribution in [0.4, 0.5) is 10.1 Å². The van der Waals surface area contributed by atoms with E-state index in [0.717, 1.165) is 10.6 Å². The number of benzene rings is 2. The summed E-state index contributed by atoms with van der Waals surface area (Å²) in [5, 5.41) is 3.17. The Bertz CT molecular complexity index is 1140. The summed E-state index contributed by atoms with van der Waals surface area (Å²) in [6.45, 7) is 5.44. The van der Waals surface area contributed by atoms with Crippen molar-refractivity contribution in [3.8, 4) is 0 Å². The third-order valence-corrected chi connectivity index (χ3v) is 6.87. The Morgan fingerprint density at radius 3 is 2.26 bits per heavy atom. The van der Waals surface area contributed by atoms with Crippen LogP contribution >= 0.6 is 23.2 Å². The molecule has 0 radical (unpaired) electrons. The van der Waals surface area contributed by atoms with Gasteiger partial charge in [-0.25, -0.2) is 12.8 Å². The molecule has 7 nitrogen and oxygen atoms in total. The van der Waals surface area contributed by atoms with Gasteiger partial charge in [-0.1, -0.05) is 56.1 Å². The van der Waals surface area contributed by atoms with Crippen LogP contribution in [0, 0.1) is 11.7 Å². The number of nitrogens with one attached hydrogen (secondary N) is 1. The van der Waals surface area contributed by atoms with Crippen molar-refractivity contribution in [3.05, 3.63) is 63.9 Å². The van der Waals surface area contributed by atoms with Crippen LogP contribution in [0.25, 0.3) is 0 Å². The van der Waals surface area contributed by atoms with E-state index >= 15 is 0 Å². The number of amides is 2. The summed E-state index contributed by atoms with van der Waals surface area (Å²) in [4.78, 5) is 27.9. The highest BCUT2D eigenvalue weighted by molar-refractivity contribution is 7.92. The Morgan fingerprint density at radius 1 is 1.09 bits per heavy atom. The molecule has 1 N–H and O–H groups in total. The van der Waals surface area contributed by atoms with Crippen LogP contribution in [0.3, 0.4) is 0 Å². The molecule has 0 aliphatic rings. The summed E-state index contributed by atoms with van der Waals surface area (Å²) in [6, 6.07) is 8.96. The number of sulfonamides is 1. The van der Waals surface area contributed by atoms with E-state index in [0.29, 0.717) is 12.1 Å². The van der Waals surface area contributed by atoms with E-state index in [2.05, 4.69) is 5.32 Å². The molecule has 2 rings (SSSR count). The van der Waals surface area contributed by atoms with Gasteiger partial charge in [-0.15, -0.1) is 0 Å². The van der Waals surface area contributed by atoms with Gasteiger partial charge < -0.3 is 10.2 Å². The molecule has 2 aromatic carbocycles. The summed E-state index contributed by atoms with van der Waals surface area (Å²) in [5.74, 6) is -1.22. The van der Waals surface area contributed by atoms with Gasteiger partial charge in [0.1, 0.15) is 18.4 Å². The quantitative estimate of drug-likeness (QED) is 0.451. The molecule has 0 aromatic heterocycles. The first kappa shape index (κ1) is 28.9. The largest absolute Gasteiger partial charge is 0.354 e. The molecule has 0 aliphatic carbocycles. The van der Waals surface area contributed by atoms with E-state index in [1.165, 1.54) is 47.4 Å². The number of nitrogens with zero attached hydrogens (tertiary/aromatic N) is 2. The van der Waals surface area contributed by atoms with Crippen molar-refractivity contribution in [3.63, 3.8) is 0 Å². The first-order valence-corrected chi connectivity index (χ1v) is 13.7. The Labute approximate surface area is 216 Å². The number of carbonyl (C=O) groups excluding carboxylic acids is 2. The molecule has 0 aliphatic heterocycles. The lowest BCUT2D eigenvalue weighted by Gasteiger charge is -2.33. The maximum atomic E-state index is 13.6. The number of hydrogen-bond donors (Lipinski definition) is 1. The summed E-state index contributed by atoms with van der Waals surface area (Å²) in [7, 11) is -3.95. The number of rotatable bonds is 11. The molecule has 2 amide bonds. The molecule has 0 saturated carbocycles. The zero-order chi connectivity index (χ0) is 26.3. The van der Waals surface area contributed by atoms with Gasteiger partial charge in [0.2, 0.25) is 21.8 Å². The number of carbonyl (C=O) groups is 2. The minimum Gasteiger partial charge on any atom is -0.354 e. The highest BCUT2D eigenvalue weighted by atomic mass is 35.5. The third-order valence-electron chi connectivity index (χ3n) is 5.19. The second kappa shape index (κ2) is 12.6. The number of anilines is 1. The van der Waals surface area contributed by atoms with Gasteiger partial charge in [0.15, 0.2) is 0 Å². The molecule has 35 heavy (non-hydrogen) atoms. The summed E-state index contributed by atoms with van der Waals surface area (Å²) >= 11 is 12.3. The predicted octanol–water partition coefficient (Wildman–Crippen LogP) is 4.48. The fourth-order valence-electron chi connectivity index (χ4n) is 3.40. The second-order valence-corrected chi connectivity index (χ2v) is 11.3. The van der Waals surface area contributed by atoms with E-state index in [9.17, 15) is 22.4 Å². The molecule has 0 spiro atoms. The van der Waals surface area contributed by atoms with E-state index in [1.54, 1.807) is 6.92 Å². The minimum absolute atomic E-state index is 0.0202. The van der Waals surface area contributed by atoms with Crippen molar-refractivity contribution in [2.75, 3.05) is 23.7 Å². The highest BCUT2D eigenvalue weighted by Gasteiger charge is 2.32. The standard InChI is InChI=1S/C24H30Cl2FN3O4S/c1-5-21(24(32)28-13-16(2)3)29(14-17-6-9-19(27)10-7-17)23(31)15-30(35(4,33)34)22-12-18(25)8-11-20(22)26/h6-12,16,21H,5,13-15H2,1-4H3,(H,28,32)/t21-/m0/s1. The van der Waals surface area contributed by atoms with Crippen LogP contribution in [0.15, 0.2) is 42.5 Å². The van der Waals surface area contributed by atoms with Gasteiger partial charge in [-0.2, -0.15) is 0 Å². The van der Waals surface area contributed by atoms with Crippen LogP contribution in [0.2, 0.25) is 10.0 Å². The first-order chi connectivity index (χ1) is 16.3. The van der Waals surface area contributed by atoms with E-state index in [4.69, 9.17) is 23.2 Å². The molecule has 0 fully saturated rings. The van der Waals surface area contributed by atoms with Crippen molar-refractivity contribution < 1.29 is 22.4 Å². The third kappa shape index (κ3) is 8.37. The van der Waals surface area contributed by atoms with Crippen LogP contribution < -0.4 is 9.62 Å². The Kier molecular flexibility index (Phi) is 10.4. The van der Waals surface area contributed by atoms with Crippen molar-refractivity contribution in [1.29, 1.82) is 0 Å². The van der Waals surface area contributed by atoms with Gasteiger partial charge in [0.05, 0.1) is 17.0 Å². The second-order valence-electron chi connectivity index (χ2n) is 8.58. The lowest BCUT2D eigenvalue weighted by molar-refractivity contribution is -0.140. The Balaban J connectivity index is 2.45. The van der Waals surface area contributed by atoms with Gasteiger partial charge in [0, 0.05) is 18.1 Å². The molecule has 2 aromatic rings. The van der Waals surface area contributed by atoms with Crippen molar-refractivity contribution in [2.24, 2.45) is 5.92 Å². The topological polar surface area (TPSA) is 86.8 Å². The predicted molar refractivity (Wildman–Crippen MR) is 138 cm³/mol. The molecule has 0 saturated heterocycles. The average Bonchev–Trinajstić information content (AvgIpc) is 2.78. The lowest BCUT2D eigenvalue weighted by Crippen LogP contribution is -2.52.